The zero-order chi connectivity index (χ0) is 9.14. The fraction of sp³-hybridized carbons (Fsp3) is 0.667. The third-order valence-electron chi connectivity index (χ3n) is 1.87. The number of rotatable bonds is 3. The predicted octanol–water partition coefficient (Wildman–Crippen LogP) is 1.71. The van der Waals surface area contributed by atoms with E-state index in [2.05, 4.69) is 25.0 Å². The molecule has 3 nitrogen and oxygen atoms in total. The summed E-state index contributed by atoms with van der Waals surface area (Å²) < 4.78 is 7.06. The molecule has 1 aromatic heterocycles. The quantitative estimate of drug-likeness (QED) is 0.687. The van der Waals surface area contributed by atoms with Gasteiger partial charge in [-0.3, -0.25) is 4.68 Å². The van der Waals surface area contributed by atoms with Crippen molar-refractivity contribution in [1.29, 1.82) is 0 Å². The number of hydrogen-bond acceptors (Lipinski definition) is 2. The fourth-order valence-electron chi connectivity index (χ4n) is 1.40. The van der Waals surface area contributed by atoms with Crippen LogP contribution < -0.4 is 0 Å². The average Bonchev–Trinajstić information content (AvgIpc) is 2.30. The second-order valence-electron chi connectivity index (χ2n) is 3.18. The van der Waals surface area contributed by atoms with Gasteiger partial charge in [-0.15, -0.1) is 0 Å². The zero-order valence-electron chi connectivity index (χ0n) is 8.16. The molecule has 68 valence electrons. The smallest absolute Gasteiger partial charge is 0.0727 e. The van der Waals surface area contributed by atoms with Gasteiger partial charge in [0.2, 0.25) is 0 Å². The molecule has 1 aromatic rings. The van der Waals surface area contributed by atoms with E-state index in [1.807, 2.05) is 11.6 Å². The number of methoxy groups -OCH3 is 1. The minimum atomic E-state index is 0.323. The van der Waals surface area contributed by atoms with Crippen LogP contribution in [0.25, 0.3) is 0 Å². The van der Waals surface area contributed by atoms with E-state index in [9.17, 15) is 0 Å². The summed E-state index contributed by atoms with van der Waals surface area (Å²) in [5.74, 6) is 0. The van der Waals surface area contributed by atoms with E-state index in [0.717, 1.165) is 5.69 Å². The van der Waals surface area contributed by atoms with Crippen LogP contribution >= 0.6 is 0 Å². The fourth-order valence-corrected chi connectivity index (χ4v) is 1.40. The number of hydrogen-bond donors (Lipinski definition) is 0. The minimum Gasteiger partial charge on any atom is -0.382 e. The van der Waals surface area contributed by atoms with Gasteiger partial charge in [-0.1, -0.05) is 0 Å². The highest BCUT2D eigenvalue weighted by Gasteiger charge is 2.07. The molecule has 3 heteroatoms. The molecule has 0 aliphatic rings. The van der Waals surface area contributed by atoms with E-state index in [1.54, 1.807) is 7.11 Å². The molecule has 1 rings (SSSR count). The summed E-state index contributed by atoms with van der Waals surface area (Å²) in [5, 5.41) is 4.37. The highest BCUT2D eigenvalue weighted by Crippen LogP contribution is 2.10. The molecule has 0 saturated carbocycles. The first-order valence-electron chi connectivity index (χ1n) is 4.17. The van der Waals surface area contributed by atoms with Gasteiger partial charge in [-0.25, -0.2) is 0 Å². The van der Waals surface area contributed by atoms with Crippen molar-refractivity contribution in [2.75, 3.05) is 13.7 Å². The molecule has 12 heavy (non-hydrogen) atoms. The molecule has 0 bridgehead atoms. The molecule has 0 aromatic carbocycles. The summed E-state index contributed by atoms with van der Waals surface area (Å²) >= 11 is 0. The van der Waals surface area contributed by atoms with Gasteiger partial charge in [0, 0.05) is 12.8 Å². The molecular formula is C9H16N2O. The minimum absolute atomic E-state index is 0.323. The van der Waals surface area contributed by atoms with Crippen molar-refractivity contribution in [2.24, 2.45) is 0 Å². The van der Waals surface area contributed by atoms with Crippen molar-refractivity contribution in [3.63, 3.8) is 0 Å². The van der Waals surface area contributed by atoms with Crippen LogP contribution in [0, 0.1) is 13.8 Å². The highest BCUT2D eigenvalue weighted by molar-refractivity contribution is 5.07. The first kappa shape index (κ1) is 9.26. The lowest BCUT2D eigenvalue weighted by molar-refractivity contribution is 0.156. The Hall–Kier alpha value is -0.830. The Bertz CT molecular complexity index is 255. The Morgan fingerprint density at radius 2 is 2.25 bits per heavy atom. The van der Waals surface area contributed by atoms with Crippen LogP contribution in [0.3, 0.4) is 0 Å². The van der Waals surface area contributed by atoms with E-state index in [0.29, 0.717) is 12.6 Å². The predicted molar refractivity (Wildman–Crippen MR) is 48.3 cm³/mol. The normalized spacial score (nSPS) is 13.3. The summed E-state index contributed by atoms with van der Waals surface area (Å²) in [6.07, 6.45) is 0. The van der Waals surface area contributed by atoms with Gasteiger partial charge >= 0.3 is 0 Å². The first-order chi connectivity index (χ1) is 5.65. The molecule has 0 aliphatic heterocycles. The molecule has 0 fully saturated rings. The van der Waals surface area contributed by atoms with Crippen molar-refractivity contribution in [3.05, 3.63) is 17.5 Å². The largest absolute Gasteiger partial charge is 0.382 e. The molecule has 0 aliphatic carbocycles. The van der Waals surface area contributed by atoms with Crippen molar-refractivity contribution in [3.8, 4) is 0 Å². The second-order valence-corrected chi connectivity index (χ2v) is 3.18. The third-order valence-corrected chi connectivity index (χ3v) is 1.87. The van der Waals surface area contributed by atoms with Crippen LogP contribution in [0.2, 0.25) is 0 Å². The Labute approximate surface area is 73.3 Å². The van der Waals surface area contributed by atoms with Crippen molar-refractivity contribution < 1.29 is 4.74 Å². The monoisotopic (exact) mass is 168 g/mol. The molecule has 1 heterocycles. The Kier molecular flexibility index (Phi) is 2.87. The first-order valence-corrected chi connectivity index (χ1v) is 4.17. The Morgan fingerprint density at radius 1 is 1.58 bits per heavy atom. The Balaban J connectivity index is 2.79. The van der Waals surface area contributed by atoms with Crippen molar-refractivity contribution in [1.82, 2.24) is 9.78 Å². The maximum absolute atomic E-state index is 5.06. The lowest BCUT2D eigenvalue weighted by Crippen LogP contribution is -2.13. The van der Waals surface area contributed by atoms with E-state index < -0.39 is 0 Å². The van der Waals surface area contributed by atoms with Gasteiger partial charge in [0.25, 0.3) is 0 Å². The number of aromatic nitrogens is 2. The zero-order valence-corrected chi connectivity index (χ0v) is 8.16. The van der Waals surface area contributed by atoms with Crippen LogP contribution in [0.4, 0.5) is 0 Å². The van der Waals surface area contributed by atoms with E-state index in [1.165, 1.54) is 5.69 Å². The van der Waals surface area contributed by atoms with E-state index in [4.69, 9.17) is 4.74 Å². The highest BCUT2D eigenvalue weighted by atomic mass is 16.5. The summed E-state index contributed by atoms with van der Waals surface area (Å²) in [6, 6.07) is 2.40. The van der Waals surface area contributed by atoms with Crippen LogP contribution in [-0.2, 0) is 4.74 Å². The van der Waals surface area contributed by atoms with Crippen LogP contribution in [-0.4, -0.2) is 23.5 Å². The molecular weight excluding hydrogens is 152 g/mol. The molecule has 1 atom stereocenters. The molecule has 0 spiro atoms. The third kappa shape index (κ3) is 1.85. The number of ether oxygens (including phenoxy) is 1. The second kappa shape index (κ2) is 3.72. The standard InChI is InChI=1S/C9H16N2O/c1-7-5-8(2)11(10-7)9(3)6-12-4/h5,9H,6H2,1-4H3. The lowest BCUT2D eigenvalue weighted by atomic mass is 10.3. The van der Waals surface area contributed by atoms with E-state index in [-0.39, 0.29) is 0 Å². The molecule has 0 saturated heterocycles. The van der Waals surface area contributed by atoms with Crippen molar-refractivity contribution >= 4 is 0 Å². The van der Waals surface area contributed by atoms with Gasteiger partial charge in [-0.2, -0.15) is 5.10 Å². The summed E-state index contributed by atoms with van der Waals surface area (Å²) in [5.41, 5.74) is 2.26. The summed E-state index contributed by atoms with van der Waals surface area (Å²) in [7, 11) is 1.71. The SMILES string of the molecule is COCC(C)n1nc(C)cc1C. The van der Waals surface area contributed by atoms with Gasteiger partial charge in [0.1, 0.15) is 0 Å². The van der Waals surface area contributed by atoms with Gasteiger partial charge in [-0.05, 0) is 26.8 Å². The van der Waals surface area contributed by atoms with Crippen molar-refractivity contribution in [2.45, 2.75) is 26.8 Å². The molecule has 0 amide bonds. The van der Waals surface area contributed by atoms with Gasteiger partial charge in [0.15, 0.2) is 0 Å². The maximum Gasteiger partial charge on any atom is 0.0727 e. The lowest BCUT2D eigenvalue weighted by Gasteiger charge is -2.12. The van der Waals surface area contributed by atoms with E-state index >= 15 is 0 Å². The summed E-state index contributed by atoms with van der Waals surface area (Å²) in [4.78, 5) is 0. The average molecular weight is 168 g/mol. The molecule has 0 radical (unpaired) electrons. The molecule has 1 unspecified atom stereocenters. The van der Waals surface area contributed by atoms with Crippen LogP contribution in [0.15, 0.2) is 6.07 Å². The van der Waals surface area contributed by atoms with Gasteiger partial charge in [0.05, 0.1) is 18.3 Å². The van der Waals surface area contributed by atoms with Crippen LogP contribution in [0.1, 0.15) is 24.4 Å². The number of nitrogens with zero attached hydrogens (tertiary/aromatic N) is 2. The number of aryl methyl sites for hydroxylation is 2. The van der Waals surface area contributed by atoms with Gasteiger partial charge < -0.3 is 4.74 Å². The Morgan fingerprint density at radius 3 is 2.67 bits per heavy atom. The molecule has 0 N–H and O–H groups in total. The van der Waals surface area contributed by atoms with Crippen LogP contribution in [0.5, 0.6) is 0 Å². The topological polar surface area (TPSA) is 27.1 Å². The summed E-state index contributed by atoms with van der Waals surface area (Å²) in [6.45, 7) is 6.88. The maximum atomic E-state index is 5.06.